The Labute approximate surface area is 96.4 Å². The van der Waals surface area contributed by atoms with Crippen LogP contribution in [-0.2, 0) is 10.2 Å². The minimum absolute atomic E-state index is 0.00436. The lowest BCUT2D eigenvalue weighted by Crippen LogP contribution is -2.30. The monoisotopic (exact) mass is 215 g/mol. The Morgan fingerprint density at radius 2 is 2.06 bits per heavy atom. The molecule has 1 N–H and O–H groups in total. The maximum atomic E-state index is 11.4. The first-order valence-corrected chi connectivity index (χ1v) is 5.73. The summed E-state index contributed by atoms with van der Waals surface area (Å²) in [6.45, 7) is 2.60. The van der Waals surface area contributed by atoms with Crippen LogP contribution in [0.2, 0.25) is 0 Å². The highest BCUT2D eigenvalue weighted by Gasteiger charge is 2.43. The van der Waals surface area contributed by atoms with E-state index in [4.69, 9.17) is 0 Å². The maximum Gasteiger partial charge on any atom is 0.243 e. The molecule has 1 saturated carbocycles. The van der Waals surface area contributed by atoms with Crippen LogP contribution in [0.25, 0.3) is 0 Å². The molecule has 0 unspecified atom stereocenters. The van der Waals surface area contributed by atoms with Crippen molar-refractivity contribution in [2.24, 2.45) is 0 Å². The molecule has 1 aromatic rings. The van der Waals surface area contributed by atoms with Crippen molar-refractivity contribution in [2.75, 3.05) is 6.54 Å². The predicted molar refractivity (Wildman–Crippen MR) is 65.2 cm³/mol. The van der Waals surface area contributed by atoms with Gasteiger partial charge in [-0.3, -0.25) is 4.79 Å². The van der Waals surface area contributed by atoms with Gasteiger partial charge in [-0.25, -0.2) is 0 Å². The lowest BCUT2D eigenvalue weighted by atomic mass is 9.96. The highest BCUT2D eigenvalue weighted by molar-refractivity contribution is 5.87. The molecule has 1 aromatic carbocycles. The number of allylic oxidation sites excluding steroid dienone is 1. The summed E-state index contributed by atoms with van der Waals surface area (Å²) in [5.41, 5.74) is 1.55. The second kappa shape index (κ2) is 4.52. The molecule has 1 fully saturated rings. The van der Waals surface area contributed by atoms with E-state index in [1.54, 1.807) is 12.2 Å². The van der Waals surface area contributed by atoms with Crippen molar-refractivity contribution in [3.8, 4) is 0 Å². The summed E-state index contributed by atoms with van der Waals surface area (Å²) >= 11 is 0. The molecule has 0 aliphatic heterocycles. The topological polar surface area (TPSA) is 29.1 Å². The Morgan fingerprint density at radius 1 is 1.38 bits per heavy atom. The molecule has 0 atom stereocenters. The number of rotatable bonds is 4. The van der Waals surface area contributed by atoms with E-state index in [0.717, 1.165) is 6.54 Å². The van der Waals surface area contributed by atoms with Gasteiger partial charge in [0.15, 0.2) is 0 Å². The van der Waals surface area contributed by atoms with Crippen LogP contribution in [0.3, 0.4) is 0 Å². The van der Waals surface area contributed by atoms with Crippen LogP contribution < -0.4 is 5.32 Å². The van der Waals surface area contributed by atoms with Gasteiger partial charge < -0.3 is 5.32 Å². The van der Waals surface area contributed by atoms with E-state index in [2.05, 4.69) is 29.6 Å². The van der Waals surface area contributed by atoms with E-state index < -0.39 is 0 Å². The summed E-state index contributed by atoms with van der Waals surface area (Å²) < 4.78 is 0. The van der Waals surface area contributed by atoms with E-state index in [9.17, 15) is 4.79 Å². The van der Waals surface area contributed by atoms with Gasteiger partial charge in [-0.1, -0.05) is 36.4 Å². The van der Waals surface area contributed by atoms with Gasteiger partial charge in [0.1, 0.15) is 0 Å². The molecule has 0 spiro atoms. The van der Waals surface area contributed by atoms with E-state index in [1.165, 1.54) is 18.4 Å². The number of benzene rings is 1. The molecule has 0 bridgehead atoms. The van der Waals surface area contributed by atoms with E-state index >= 15 is 0 Å². The Bertz CT molecular complexity index is 390. The molecule has 0 aromatic heterocycles. The molecule has 1 aliphatic carbocycles. The highest BCUT2D eigenvalue weighted by atomic mass is 16.1. The summed E-state index contributed by atoms with van der Waals surface area (Å²) in [6, 6.07) is 10.4. The quantitative estimate of drug-likeness (QED) is 0.768. The third-order valence-electron chi connectivity index (χ3n) is 3.16. The third kappa shape index (κ3) is 2.32. The van der Waals surface area contributed by atoms with E-state index in [0.29, 0.717) is 0 Å². The molecular formula is C14H17NO. The summed E-state index contributed by atoms with van der Waals surface area (Å²) in [4.78, 5) is 11.4. The highest BCUT2D eigenvalue weighted by Crippen LogP contribution is 2.47. The molecule has 0 heterocycles. The van der Waals surface area contributed by atoms with Crippen molar-refractivity contribution in [3.63, 3.8) is 0 Å². The van der Waals surface area contributed by atoms with Crippen LogP contribution in [0.5, 0.6) is 0 Å². The number of carbonyl (C=O) groups excluding carboxylic acids is 1. The molecule has 0 saturated heterocycles. The zero-order valence-electron chi connectivity index (χ0n) is 9.57. The molecular weight excluding hydrogens is 198 g/mol. The van der Waals surface area contributed by atoms with Crippen molar-refractivity contribution >= 4 is 5.91 Å². The molecule has 84 valence electrons. The predicted octanol–water partition coefficient (Wildman–Crippen LogP) is 2.41. The third-order valence-corrected chi connectivity index (χ3v) is 3.16. The van der Waals surface area contributed by atoms with Gasteiger partial charge >= 0.3 is 0 Å². The lowest BCUT2D eigenvalue weighted by molar-refractivity contribution is -0.116. The first-order valence-electron chi connectivity index (χ1n) is 5.73. The number of amides is 1. The fourth-order valence-electron chi connectivity index (χ4n) is 1.98. The van der Waals surface area contributed by atoms with Crippen molar-refractivity contribution < 1.29 is 4.79 Å². The molecule has 2 heteroatoms. The number of carbonyl (C=O) groups is 1. The molecule has 0 radical (unpaired) electrons. The van der Waals surface area contributed by atoms with Crippen LogP contribution in [0, 0.1) is 0 Å². The van der Waals surface area contributed by atoms with Gasteiger partial charge in [0.2, 0.25) is 5.91 Å². The second-order valence-corrected chi connectivity index (χ2v) is 4.36. The van der Waals surface area contributed by atoms with Crippen molar-refractivity contribution in [1.29, 1.82) is 0 Å². The zero-order chi connectivity index (χ0) is 11.4. The summed E-state index contributed by atoms with van der Waals surface area (Å²) in [7, 11) is 0. The fourth-order valence-corrected chi connectivity index (χ4v) is 1.98. The smallest absolute Gasteiger partial charge is 0.243 e. The summed E-state index contributed by atoms with van der Waals surface area (Å²) in [6.07, 6.45) is 5.68. The Balaban J connectivity index is 1.97. The van der Waals surface area contributed by atoms with E-state index in [-0.39, 0.29) is 11.3 Å². The lowest BCUT2D eigenvalue weighted by Gasteiger charge is -2.15. The van der Waals surface area contributed by atoms with Crippen LogP contribution in [-0.4, -0.2) is 12.5 Å². The minimum atomic E-state index is 0.00436. The summed E-state index contributed by atoms with van der Waals surface area (Å²) in [5.74, 6) is 0.00436. The number of hydrogen-bond acceptors (Lipinski definition) is 1. The van der Waals surface area contributed by atoms with Crippen molar-refractivity contribution in [3.05, 3.63) is 48.0 Å². The van der Waals surface area contributed by atoms with Crippen LogP contribution in [0.4, 0.5) is 0 Å². The Kier molecular flexibility index (Phi) is 3.09. The molecule has 2 nitrogen and oxygen atoms in total. The second-order valence-electron chi connectivity index (χ2n) is 4.36. The summed E-state index contributed by atoms with van der Waals surface area (Å²) in [5, 5.41) is 2.96. The maximum absolute atomic E-state index is 11.4. The Morgan fingerprint density at radius 3 is 2.62 bits per heavy atom. The van der Waals surface area contributed by atoms with Crippen LogP contribution >= 0.6 is 0 Å². The van der Waals surface area contributed by atoms with Crippen molar-refractivity contribution in [1.82, 2.24) is 5.32 Å². The largest absolute Gasteiger partial charge is 0.352 e. The fraction of sp³-hybridized carbons (Fsp3) is 0.357. The molecule has 16 heavy (non-hydrogen) atoms. The Hall–Kier alpha value is -1.57. The zero-order valence-corrected chi connectivity index (χ0v) is 9.57. The van der Waals surface area contributed by atoms with Gasteiger partial charge in [0.25, 0.3) is 0 Å². The average Bonchev–Trinajstić information content (AvgIpc) is 3.09. The van der Waals surface area contributed by atoms with Crippen LogP contribution in [0.15, 0.2) is 42.5 Å². The van der Waals surface area contributed by atoms with Gasteiger partial charge in [0.05, 0.1) is 0 Å². The number of hydrogen-bond donors (Lipinski definition) is 1. The van der Waals surface area contributed by atoms with Crippen molar-refractivity contribution in [2.45, 2.75) is 25.2 Å². The minimum Gasteiger partial charge on any atom is -0.352 e. The van der Waals surface area contributed by atoms with E-state index in [1.807, 2.05) is 13.0 Å². The van der Waals surface area contributed by atoms with Gasteiger partial charge in [-0.2, -0.15) is 0 Å². The average molecular weight is 215 g/mol. The van der Waals surface area contributed by atoms with Gasteiger partial charge in [-0.05, 0) is 31.4 Å². The number of nitrogens with one attached hydrogen (secondary N) is 1. The van der Waals surface area contributed by atoms with Gasteiger partial charge in [-0.15, -0.1) is 0 Å². The standard InChI is InChI=1S/C14H17NO/c1-2-6-13(16)15-11-14(9-10-14)12-7-4-3-5-8-12/h2-8H,9-11H2,1H3,(H,15,16)/b6-2+. The molecule has 1 amide bonds. The normalized spacial score (nSPS) is 17.3. The van der Waals surface area contributed by atoms with Gasteiger partial charge in [0, 0.05) is 12.0 Å². The first kappa shape index (κ1) is 10.9. The first-order chi connectivity index (χ1) is 7.77. The molecule has 1 aliphatic rings. The molecule has 2 rings (SSSR count). The SMILES string of the molecule is C/C=C/C(=O)NCC1(c2ccccc2)CC1. The van der Waals surface area contributed by atoms with Crippen LogP contribution in [0.1, 0.15) is 25.3 Å².